The number of hydrogen-bond donors (Lipinski definition) is 2. The molecule has 0 radical (unpaired) electrons. The third-order valence-electron chi connectivity index (χ3n) is 3.72. The molecule has 4 aromatic rings. The van der Waals surface area contributed by atoms with Crippen LogP contribution in [0.3, 0.4) is 0 Å². The van der Waals surface area contributed by atoms with Gasteiger partial charge in [0.25, 0.3) is 5.91 Å². The number of nitrogens with zero attached hydrogens (tertiary/aromatic N) is 3. The van der Waals surface area contributed by atoms with Gasteiger partial charge in [-0.15, -0.1) is 0 Å². The third kappa shape index (κ3) is 3.07. The monoisotopic (exact) mass is 349 g/mol. The second-order valence-electron chi connectivity index (χ2n) is 5.36. The van der Waals surface area contributed by atoms with Gasteiger partial charge >= 0.3 is 0 Å². The molecule has 0 saturated heterocycles. The number of hydrogen-bond acceptors (Lipinski definition) is 4. The van der Waals surface area contributed by atoms with E-state index in [1.165, 1.54) is 6.20 Å². The zero-order valence-electron chi connectivity index (χ0n) is 12.9. The van der Waals surface area contributed by atoms with Gasteiger partial charge in [0, 0.05) is 35.7 Å². The van der Waals surface area contributed by atoms with Gasteiger partial charge in [-0.2, -0.15) is 0 Å². The standard InChI is InChI=1S/C18H12ClN5O/c19-15-7-12(14-10-22-17-13(14)4-2-6-21-17)8-16(23-15)24-18(25)11-3-1-5-20-9-11/h1-10H,(H,21,22)(H,23,24,25). The zero-order valence-corrected chi connectivity index (χ0v) is 13.7. The van der Waals surface area contributed by atoms with Crippen LogP contribution in [0.1, 0.15) is 10.4 Å². The summed E-state index contributed by atoms with van der Waals surface area (Å²) < 4.78 is 0. The van der Waals surface area contributed by atoms with E-state index in [4.69, 9.17) is 11.6 Å². The molecule has 6 nitrogen and oxygen atoms in total. The van der Waals surface area contributed by atoms with Crippen LogP contribution in [0.25, 0.3) is 22.2 Å². The molecule has 1 amide bonds. The first-order valence-electron chi connectivity index (χ1n) is 7.52. The number of carbonyl (C=O) groups is 1. The van der Waals surface area contributed by atoms with Gasteiger partial charge in [0.15, 0.2) is 0 Å². The topological polar surface area (TPSA) is 83.6 Å². The number of carbonyl (C=O) groups excluding carboxylic acids is 1. The normalized spacial score (nSPS) is 10.8. The summed E-state index contributed by atoms with van der Waals surface area (Å²) in [5.74, 6) is 0.0732. The van der Waals surface area contributed by atoms with Crippen molar-refractivity contribution in [1.29, 1.82) is 0 Å². The van der Waals surface area contributed by atoms with Crippen LogP contribution in [-0.2, 0) is 0 Å². The Labute approximate surface area is 147 Å². The maximum absolute atomic E-state index is 12.3. The summed E-state index contributed by atoms with van der Waals surface area (Å²) in [7, 11) is 0. The Morgan fingerprint density at radius 3 is 2.88 bits per heavy atom. The quantitative estimate of drug-likeness (QED) is 0.549. The van der Waals surface area contributed by atoms with Crippen molar-refractivity contribution in [3.63, 3.8) is 0 Å². The lowest BCUT2D eigenvalue weighted by Gasteiger charge is -2.07. The van der Waals surface area contributed by atoms with Gasteiger partial charge in [-0.25, -0.2) is 9.97 Å². The lowest BCUT2D eigenvalue weighted by molar-refractivity contribution is 0.102. The van der Waals surface area contributed by atoms with Gasteiger partial charge in [0.2, 0.25) is 0 Å². The van der Waals surface area contributed by atoms with E-state index in [1.807, 2.05) is 18.3 Å². The van der Waals surface area contributed by atoms with Crippen molar-refractivity contribution in [2.24, 2.45) is 0 Å². The minimum absolute atomic E-state index is 0.289. The largest absolute Gasteiger partial charge is 0.346 e. The summed E-state index contributed by atoms with van der Waals surface area (Å²) in [4.78, 5) is 27.8. The molecule has 0 aromatic carbocycles. The number of aromatic amines is 1. The Morgan fingerprint density at radius 2 is 2.04 bits per heavy atom. The van der Waals surface area contributed by atoms with Gasteiger partial charge in [0.1, 0.15) is 16.6 Å². The molecule has 2 N–H and O–H groups in total. The highest BCUT2D eigenvalue weighted by atomic mass is 35.5. The van der Waals surface area contributed by atoms with Crippen molar-refractivity contribution < 1.29 is 4.79 Å². The molecule has 0 aliphatic carbocycles. The number of H-pyrrole nitrogens is 1. The van der Waals surface area contributed by atoms with Crippen LogP contribution in [-0.4, -0.2) is 25.8 Å². The molecule has 0 aliphatic rings. The fourth-order valence-electron chi connectivity index (χ4n) is 2.60. The van der Waals surface area contributed by atoms with E-state index in [9.17, 15) is 4.79 Å². The second kappa shape index (κ2) is 6.33. The Kier molecular flexibility index (Phi) is 3.87. The minimum Gasteiger partial charge on any atom is -0.346 e. The molecule has 0 bridgehead atoms. The smallest absolute Gasteiger partial charge is 0.258 e. The molecule has 4 rings (SSSR count). The van der Waals surface area contributed by atoms with Crippen LogP contribution < -0.4 is 5.32 Å². The molecular weight excluding hydrogens is 338 g/mol. The van der Waals surface area contributed by atoms with E-state index in [2.05, 4.69) is 25.3 Å². The number of amides is 1. The number of fused-ring (bicyclic) bond motifs is 1. The fraction of sp³-hybridized carbons (Fsp3) is 0. The minimum atomic E-state index is -0.297. The van der Waals surface area contributed by atoms with Crippen LogP contribution >= 0.6 is 11.6 Å². The van der Waals surface area contributed by atoms with Crippen molar-refractivity contribution in [3.05, 3.63) is 71.9 Å². The van der Waals surface area contributed by atoms with E-state index >= 15 is 0 Å². The number of aromatic nitrogens is 4. The first-order valence-corrected chi connectivity index (χ1v) is 7.90. The second-order valence-corrected chi connectivity index (χ2v) is 5.75. The third-order valence-corrected chi connectivity index (χ3v) is 3.92. The summed E-state index contributed by atoms with van der Waals surface area (Å²) in [6.07, 6.45) is 6.68. The molecule has 4 aromatic heterocycles. The Bertz CT molecular complexity index is 1060. The Balaban J connectivity index is 1.71. The molecule has 122 valence electrons. The van der Waals surface area contributed by atoms with Crippen LogP contribution in [0.5, 0.6) is 0 Å². The molecule has 7 heteroatoms. The average molecular weight is 350 g/mol. The first kappa shape index (κ1) is 15.3. The zero-order chi connectivity index (χ0) is 17.2. The lowest BCUT2D eigenvalue weighted by atomic mass is 10.1. The van der Waals surface area contributed by atoms with Gasteiger partial charge in [-0.3, -0.25) is 9.78 Å². The predicted molar refractivity (Wildman–Crippen MR) is 96.5 cm³/mol. The fourth-order valence-corrected chi connectivity index (χ4v) is 2.81. The van der Waals surface area contributed by atoms with Crippen LogP contribution in [0.2, 0.25) is 5.15 Å². The van der Waals surface area contributed by atoms with Gasteiger partial charge in [-0.1, -0.05) is 11.6 Å². The number of pyridine rings is 3. The molecule has 25 heavy (non-hydrogen) atoms. The van der Waals surface area contributed by atoms with Gasteiger partial charge in [0.05, 0.1) is 5.56 Å². The predicted octanol–water partition coefficient (Wildman–Crippen LogP) is 3.93. The van der Waals surface area contributed by atoms with E-state index in [0.717, 1.165) is 22.2 Å². The van der Waals surface area contributed by atoms with Crippen molar-refractivity contribution in [2.45, 2.75) is 0 Å². The van der Waals surface area contributed by atoms with E-state index in [0.29, 0.717) is 11.4 Å². The van der Waals surface area contributed by atoms with E-state index < -0.39 is 0 Å². The number of nitrogens with one attached hydrogen (secondary N) is 2. The molecule has 0 aliphatic heterocycles. The molecule has 4 heterocycles. The SMILES string of the molecule is O=C(Nc1cc(-c2c[nH]c3ncccc23)cc(Cl)n1)c1cccnc1. The van der Waals surface area contributed by atoms with Crippen LogP contribution in [0, 0.1) is 0 Å². The summed E-state index contributed by atoms with van der Waals surface area (Å²) in [6, 6.07) is 10.7. The summed E-state index contributed by atoms with van der Waals surface area (Å²) >= 11 is 6.15. The van der Waals surface area contributed by atoms with Crippen molar-refractivity contribution in [3.8, 4) is 11.1 Å². The Morgan fingerprint density at radius 1 is 1.16 bits per heavy atom. The van der Waals surface area contributed by atoms with Gasteiger partial charge in [-0.05, 0) is 42.0 Å². The number of halogens is 1. The average Bonchev–Trinajstić information content (AvgIpc) is 3.06. The molecule has 0 unspecified atom stereocenters. The molecule has 0 spiro atoms. The van der Waals surface area contributed by atoms with Crippen LogP contribution in [0.4, 0.5) is 5.82 Å². The first-order chi connectivity index (χ1) is 12.2. The summed E-state index contributed by atoms with van der Waals surface area (Å²) in [5.41, 5.74) is 3.00. The van der Waals surface area contributed by atoms with Crippen LogP contribution in [0.15, 0.2) is 61.2 Å². The maximum atomic E-state index is 12.3. The molecular formula is C18H12ClN5O. The van der Waals surface area contributed by atoms with Crippen molar-refractivity contribution in [2.75, 3.05) is 5.32 Å². The molecule has 0 atom stereocenters. The highest BCUT2D eigenvalue weighted by Crippen LogP contribution is 2.30. The van der Waals surface area contributed by atoms with Crippen molar-refractivity contribution >= 4 is 34.4 Å². The van der Waals surface area contributed by atoms with E-state index in [-0.39, 0.29) is 11.1 Å². The van der Waals surface area contributed by atoms with Gasteiger partial charge < -0.3 is 10.3 Å². The van der Waals surface area contributed by atoms with E-state index in [1.54, 1.807) is 36.7 Å². The highest BCUT2D eigenvalue weighted by Gasteiger charge is 2.12. The lowest BCUT2D eigenvalue weighted by Crippen LogP contribution is -2.13. The molecule has 0 fully saturated rings. The summed E-state index contributed by atoms with van der Waals surface area (Å²) in [5, 5.41) is 4.01. The number of anilines is 1. The molecule has 0 saturated carbocycles. The Hall–Kier alpha value is -3.25. The van der Waals surface area contributed by atoms with Crippen molar-refractivity contribution in [1.82, 2.24) is 19.9 Å². The maximum Gasteiger partial charge on any atom is 0.258 e. The summed E-state index contributed by atoms with van der Waals surface area (Å²) in [6.45, 7) is 0. The highest BCUT2D eigenvalue weighted by molar-refractivity contribution is 6.30. The number of rotatable bonds is 3.